The molecule has 0 saturated carbocycles. The summed E-state index contributed by atoms with van der Waals surface area (Å²) in [5, 5.41) is 10.8. The molecule has 0 aliphatic heterocycles. The lowest BCUT2D eigenvalue weighted by atomic mass is 10.3. The van der Waals surface area contributed by atoms with Gasteiger partial charge in [0, 0.05) is 24.8 Å². The second kappa shape index (κ2) is 6.35. The number of aromatic nitrogens is 2. The van der Waals surface area contributed by atoms with Crippen LogP contribution in [0.4, 0.5) is 11.8 Å². The third-order valence-corrected chi connectivity index (χ3v) is 3.28. The van der Waals surface area contributed by atoms with Crippen LogP contribution in [-0.2, 0) is 6.54 Å². The Labute approximate surface area is 111 Å². The van der Waals surface area contributed by atoms with Gasteiger partial charge < -0.3 is 10.6 Å². The minimum absolute atomic E-state index is 0.690. The molecule has 0 bridgehead atoms. The van der Waals surface area contributed by atoms with E-state index in [1.54, 1.807) is 11.3 Å². The second-order valence-corrected chi connectivity index (χ2v) is 4.92. The first kappa shape index (κ1) is 12.8. The summed E-state index contributed by atoms with van der Waals surface area (Å²) in [6, 6.07) is 2.12. The molecule has 4 nitrogen and oxygen atoms in total. The number of nitrogens with zero attached hydrogens (tertiary/aromatic N) is 2. The van der Waals surface area contributed by atoms with Gasteiger partial charge in [-0.1, -0.05) is 6.92 Å². The zero-order chi connectivity index (χ0) is 12.8. The first-order valence-electron chi connectivity index (χ1n) is 6.12. The van der Waals surface area contributed by atoms with E-state index in [1.165, 1.54) is 5.56 Å². The van der Waals surface area contributed by atoms with Crippen molar-refractivity contribution in [1.29, 1.82) is 0 Å². The summed E-state index contributed by atoms with van der Waals surface area (Å²) in [7, 11) is 0. The van der Waals surface area contributed by atoms with Crippen molar-refractivity contribution in [3.05, 3.63) is 34.2 Å². The highest BCUT2D eigenvalue weighted by Crippen LogP contribution is 2.14. The number of nitrogens with one attached hydrogen (secondary N) is 2. The summed E-state index contributed by atoms with van der Waals surface area (Å²) >= 11 is 1.71. The molecule has 0 saturated heterocycles. The zero-order valence-electron chi connectivity index (χ0n) is 10.7. The molecule has 0 aromatic carbocycles. The summed E-state index contributed by atoms with van der Waals surface area (Å²) in [5.41, 5.74) is 2.34. The van der Waals surface area contributed by atoms with Crippen LogP contribution in [0.15, 0.2) is 23.0 Å². The molecule has 0 spiro atoms. The van der Waals surface area contributed by atoms with E-state index in [9.17, 15) is 0 Å². The molecule has 2 heterocycles. The molecule has 18 heavy (non-hydrogen) atoms. The highest BCUT2D eigenvalue weighted by molar-refractivity contribution is 7.07. The minimum Gasteiger partial charge on any atom is -0.366 e. The molecular formula is C13H18N4S. The second-order valence-electron chi connectivity index (χ2n) is 4.14. The number of anilines is 2. The van der Waals surface area contributed by atoms with Crippen molar-refractivity contribution >= 4 is 23.1 Å². The highest BCUT2D eigenvalue weighted by atomic mass is 32.1. The Hall–Kier alpha value is -1.62. The summed E-state index contributed by atoms with van der Waals surface area (Å²) in [4.78, 5) is 8.74. The Morgan fingerprint density at radius 2 is 2.22 bits per heavy atom. The summed E-state index contributed by atoms with van der Waals surface area (Å²) in [6.45, 7) is 5.83. The van der Waals surface area contributed by atoms with Gasteiger partial charge in [-0.05, 0) is 35.7 Å². The van der Waals surface area contributed by atoms with E-state index in [2.05, 4.69) is 44.4 Å². The SMILES string of the molecule is CCCNc1ncc(C)c(NCc2ccsc2)n1. The van der Waals surface area contributed by atoms with Crippen molar-refractivity contribution in [3.63, 3.8) is 0 Å². The maximum absolute atomic E-state index is 4.48. The molecule has 0 aliphatic carbocycles. The first-order valence-corrected chi connectivity index (χ1v) is 7.06. The molecule has 2 N–H and O–H groups in total. The zero-order valence-corrected chi connectivity index (χ0v) is 11.5. The summed E-state index contributed by atoms with van der Waals surface area (Å²) in [6.07, 6.45) is 2.91. The maximum atomic E-state index is 4.48. The smallest absolute Gasteiger partial charge is 0.224 e. The fourth-order valence-corrected chi connectivity index (χ4v) is 2.19. The molecular weight excluding hydrogens is 244 g/mol. The van der Waals surface area contributed by atoms with E-state index in [0.717, 1.165) is 30.9 Å². The average Bonchev–Trinajstić information content (AvgIpc) is 2.89. The third-order valence-electron chi connectivity index (χ3n) is 2.54. The van der Waals surface area contributed by atoms with Crippen molar-refractivity contribution in [1.82, 2.24) is 9.97 Å². The topological polar surface area (TPSA) is 49.8 Å². The van der Waals surface area contributed by atoms with Crippen LogP contribution in [-0.4, -0.2) is 16.5 Å². The Morgan fingerprint density at radius 3 is 2.94 bits per heavy atom. The van der Waals surface area contributed by atoms with Gasteiger partial charge in [0.25, 0.3) is 0 Å². The first-order chi connectivity index (χ1) is 8.79. The van der Waals surface area contributed by atoms with Crippen LogP contribution in [0.25, 0.3) is 0 Å². The largest absolute Gasteiger partial charge is 0.366 e. The van der Waals surface area contributed by atoms with Gasteiger partial charge in [-0.15, -0.1) is 0 Å². The van der Waals surface area contributed by atoms with E-state index < -0.39 is 0 Å². The molecule has 0 radical (unpaired) electrons. The molecule has 0 atom stereocenters. The van der Waals surface area contributed by atoms with Gasteiger partial charge in [0.2, 0.25) is 5.95 Å². The van der Waals surface area contributed by atoms with Gasteiger partial charge in [0.15, 0.2) is 0 Å². The van der Waals surface area contributed by atoms with Gasteiger partial charge in [-0.3, -0.25) is 0 Å². The molecule has 0 aliphatic rings. The Morgan fingerprint density at radius 1 is 1.33 bits per heavy atom. The van der Waals surface area contributed by atoms with Crippen molar-refractivity contribution in [2.75, 3.05) is 17.2 Å². The Bertz CT molecular complexity index is 482. The van der Waals surface area contributed by atoms with Gasteiger partial charge >= 0.3 is 0 Å². The molecule has 2 aromatic rings. The highest BCUT2D eigenvalue weighted by Gasteiger charge is 2.03. The predicted molar refractivity (Wildman–Crippen MR) is 77.2 cm³/mol. The van der Waals surface area contributed by atoms with Crippen LogP contribution in [0.2, 0.25) is 0 Å². The fraction of sp³-hybridized carbons (Fsp3) is 0.385. The lowest BCUT2D eigenvalue weighted by Gasteiger charge is -2.09. The van der Waals surface area contributed by atoms with Gasteiger partial charge in [0.1, 0.15) is 5.82 Å². The van der Waals surface area contributed by atoms with Crippen molar-refractivity contribution in [3.8, 4) is 0 Å². The number of hydrogen-bond donors (Lipinski definition) is 2. The van der Waals surface area contributed by atoms with Gasteiger partial charge in [0.05, 0.1) is 0 Å². The number of rotatable bonds is 6. The van der Waals surface area contributed by atoms with Crippen LogP contribution in [0, 0.1) is 6.92 Å². The number of hydrogen-bond acceptors (Lipinski definition) is 5. The van der Waals surface area contributed by atoms with Crippen molar-refractivity contribution < 1.29 is 0 Å². The Balaban J connectivity index is 2.01. The molecule has 0 amide bonds. The summed E-state index contributed by atoms with van der Waals surface area (Å²) in [5.74, 6) is 1.59. The van der Waals surface area contributed by atoms with Crippen LogP contribution < -0.4 is 10.6 Å². The van der Waals surface area contributed by atoms with E-state index in [-0.39, 0.29) is 0 Å². The number of aryl methyl sites for hydroxylation is 1. The normalized spacial score (nSPS) is 10.3. The lowest BCUT2D eigenvalue weighted by Crippen LogP contribution is -2.08. The van der Waals surface area contributed by atoms with E-state index in [1.807, 2.05) is 13.1 Å². The quantitative estimate of drug-likeness (QED) is 0.839. The van der Waals surface area contributed by atoms with E-state index in [4.69, 9.17) is 0 Å². The minimum atomic E-state index is 0.690. The fourth-order valence-electron chi connectivity index (χ4n) is 1.52. The molecule has 0 fully saturated rings. The van der Waals surface area contributed by atoms with Crippen LogP contribution >= 0.6 is 11.3 Å². The average molecular weight is 262 g/mol. The van der Waals surface area contributed by atoms with E-state index >= 15 is 0 Å². The Kier molecular flexibility index (Phi) is 4.52. The van der Waals surface area contributed by atoms with E-state index in [0.29, 0.717) is 5.95 Å². The van der Waals surface area contributed by atoms with Gasteiger partial charge in [-0.2, -0.15) is 16.3 Å². The van der Waals surface area contributed by atoms with Crippen LogP contribution in [0.1, 0.15) is 24.5 Å². The maximum Gasteiger partial charge on any atom is 0.224 e. The molecule has 96 valence electrons. The monoisotopic (exact) mass is 262 g/mol. The lowest BCUT2D eigenvalue weighted by molar-refractivity contribution is 0.947. The van der Waals surface area contributed by atoms with Crippen LogP contribution in [0.5, 0.6) is 0 Å². The molecule has 5 heteroatoms. The van der Waals surface area contributed by atoms with Crippen molar-refractivity contribution in [2.45, 2.75) is 26.8 Å². The number of thiophene rings is 1. The standard InChI is InChI=1S/C13H18N4S/c1-3-5-14-13-16-7-10(2)12(17-13)15-8-11-4-6-18-9-11/h4,6-7,9H,3,5,8H2,1-2H3,(H2,14,15,16,17). The molecule has 0 unspecified atom stereocenters. The van der Waals surface area contributed by atoms with Crippen LogP contribution in [0.3, 0.4) is 0 Å². The molecule has 2 rings (SSSR count). The summed E-state index contributed by atoms with van der Waals surface area (Å²) < 4.78 is 0. The van der Waals surface area contributed by atoms with Crippen molar-refractivity contribution in [2.24, 2.45) is 0 Å². The third kappa shape index (κ3) is 3.43. The predicted octanol–water partition coefficient (Wildman–Crippen LogP) is 3.28. The molecule has 2 aromatic heterocycles. The van der Waals surface area contributed by atoms with Gasteiger partial charge in [-0.25, -0.2) is 4.98 Å².